The Bertz CT molecular complexity index is 198. The van der Waals surface area contributed by atoms with Crippen molar-refractivity contribution in [2.75, 3.05) is 12.9 Å². The fourth-order valence-electron chi connectivity index (χ4n) is 2.87. The maximum absolute atomic E-state index is 5.59. The highest BCUT2D eigenvalue weighted by molar-refractivity contribution is 7.99. The monoisotopic (exact) mass is 243 g/mol. The quantitative estimate of drug-likeness (QED) is 0.802. The number of nitrogens with one attached hydrogen (secondary N) is 1. The van der Waals surface area contributed by atoms with Crippen LogP contribution in [0.1, 0.15) is 45.4 Å². The van der Waals surface area contributed by atoms with Gasteiger partial charge < -0.3 is 10.1 Å². The Morgan fingerprint density at radius 2 is 1.81 bits per heavy atom. The first-order chi connectivity index (χ1) is 7.81. The van der Waals surface area contributed by atoms with Crippen molar-refractivity contribution < 1.29 is 4.74 Å². The standard InChI is InChI=1S/C13H25NOS/c1-3-15-12-8-11(9-12)14-10-4-6-13(16-2)7-5-10/h10-14H,3-9H2,1-2H3. The topological polar surface area (TPSA) is 21.3 Å². The van der Waals surface area contributed by atoms with E-state index in [2.05, 4.69) is 18.5 Å². The zero-order valence-corrected chi connectivity index (χ0v) is 11.4. The molecular formula is C13H25NOS. The van der Waals surface area contributed by atoms with E-state index in [9.17, 15) is 0 Å². The van der Waals surface area contributed by atoms with E-state index in [0.717, 1.165) is 23.9 Å². The highest BCUT2D eigenvalue weighted by Gasteiger charge is 2.32. The molecule has 0 aromatic carbocycles. The van der Waals surface area contributed by atoms with Crippen molar-refractivity contribution in [1.82, 2.24) is 5.32 Å². The van der Waals surface area contributed by atoms with Gasteiger partial charge in [0.05, 0.1) is 6.10 Å². The van der Waals surface area contributed by atoms with E-state index in [4.69, 9.17) is 4.74 Å². The highest BCUT2D eigenvalue weighted by Crippen LogP contribution is 2.29. The van der Waals surface area contributed by atoms with E-state index in [-0.39, 0.29) is 0 Å². The van der Waals surface area contributed by atoms with Crippen molar-refractivity contribution in [3.05, 3.63) is 0 Å². The van der Waals surface area contributed by atoms with Crippen LogP contribution < -0.4 is 5.32 Å². The van der Waals surface area contributed by atoms with Crippen molar-refractivity contribution in [3.8, 4) is 0 Å². The van der Waals surface area contributed by atoms with Crippen LogP contribution in [0.15, 0.2) is 0 Å². The predicted octanol–water partition coefficient (Wildman–Crippen LogP) is 2.82. The summed E-state index contributed by atoms with van der Waals surface area (Å²) >= 11 is 2.05. The van der Waals surface area contributed by atoms with Crippen molar-refractivity contribution in [2.24, 2.45) is 0 Å². The fourth-order valence-corrected chi connectivity index (χ4v) is 3.62. The molecule has 0 heterocycles. The second-order valence-corrected chi connectivity index (χ2v) is 6.26. The summed E-state index contributed by atoms with van der Waals surface area (Å²) < 4.78 is 5.59. The lowest BCUT2D eigenvalue weighted by Gasteiger charge is -2.39. The molecule has 0 aromatic rings. The van der Waals surface area contributed by atoms with Crippen LogP contribution in [0.2, 0.25) is 0 Å². The molecule has 2 aliphatic carbocycles. The summed E-state index contributed by atoms with van der Waals surface area (Å²) in [5.74, 6) is 0. The first-order valence-electron chi connectivity index (χ1n) is 6.72. The van der Waals surface area contributed by atoms with Gasteiger partial charge in [0.1, 0.15) is 0 Å². The Labute approximate surface area is 104 Å². The molecule has 0 unspecified atom stereocenters. The molecule has 0 amide bonds. The Morgan fingerprint density at radius 1 is 1.12 bits per heavy atom. The average Bonchev–Trinajstić information content (AvgIpc) is 2.27. The van der Waals surface area contributed by atoms with E-state index < -0.39 is 0 Å². The number of hydrogen-bond acceptors (Lipinski definition) is 3. The van der Waals surface area contributed by atoms with E-state index in [1.165, 1.54) is 38.5 Å². The van der Waals surface area contributed by atoms with Gasteiger partial charge in [0.2, 0.25) is 0 Å². The molecule has 0 aromatic heterocycles. The summed E-state index contributed by atoms with van der Waals surface area (Å²) in [6.07, 6.45) is 10.8. The van der Waals surface area contributed by atoms with Crippen LogP contribution in [0.5, 0.6) is 0 Å². The molecule has 1 N–H and O–H groups in total. The lowest BCUT2D eigenvalue weighted by molar-refractivity contribution is -0.0133. The van der Waals surface area contributed by atoms with Crippen LogP contribution in [-0.2, 0) is 4.74 Å². The third-order valence-electron chi connectivity index (χ3n) is 3.98. The number of thioether (sulfide) groups is 1. The Balaban J connectivity index is 1.58. The summed E-state index contributed by atoms with van der Waals surface area (Å²) in [5, 5.41) is 4.73. The molecule has 0 aliphatic heterocycles. The average molecular weight is 243 g/mol. The van der Waals surface area contributed by atoms with Gasteiger partial charge >= 0.3 is 0 Å². The van der Waals surface area contributed by atoms with E-state index in [1.807, 2.05) is 11.8 Å². The Morgan fingerprint density at radius 3 is 2.38 bits per heavy atom. The van der Waals surface area contributed by atoms with E-state index in [0.29, 0.717) is 6.10 Å². The lowest BCUT2D eigenvalue weighted by Crippen LogP contribution is -2.50. The minimum atomic E-state index is 0.546. The molecule has 2 rings (SSSR count). The van der Waals surface area contributed by atoms with Gasteiger partial charge in [-0.3, -0.25) is 0 Å². The maximum Gasteiger partial charge on any atom is 0.0604 e. The minimum Gasteiger partial charge on any atom is -0.378 e. The molecule has 0 spiro atoms. The zero-order chi connectivity index (χ0) is 11.4. The Hall–Kier alpha value is 0.270. The van der Waals surface area contributed by atoms with Crippen molar-refractivity contribution >= 4 is 11.8 Å². The second kappa shape index (κ2) is 6.27. The van der Waals surface area contributed by atoms with Crippen LogP contribution >= 0.6 is 11.8 Å². The molecule has 2 fully saturated rings. The number of ether oxygens (including phenoxy) is 1. The third-order valence-corrected chi connectivity index (χ3v) is 5.11. The molecular weight excluding hydrogens is 218 g/mol. The van der Waals surface area contributed by atoms with Crippen LogP contribution in [0.4, 0.5) is 0 Å². The predicted molar refractivity (Wildman–Crippen MR) is 71.1 cm³/mol. The molecule has 0 atom stereocenters. The van der Waals surface area contributed by atoms with Crippen molar-refractivity contribution in [2.45, 2.75) is 68.9 Å². The van der Waals surface area contributed by atoms with Gasteiger partial charge in [-0.15, -0.1) is 0 Å². The molecule has 0 radical (unpaired) electrons. The molecule has 3 heteroatoms. The van der Waals surface area contributed by atoms with Crippen LogP contribution in [0.3, 0.4) is 0 Å². The van der Waals surface area contributed by atoms with Crippen LogP contribution in [0, 0.1) is 0 Å². The summed E-state index contributed by atoms with van der Waals surface area (Å²) in [7, 11) is 0. The molecule has 2 aliphatic rings. The summed E-state index contributed by atoms with van der Waals surface area (Å²) in [4.78, 5) is 0. The van der Waals surface area contributed by atoms with E-state index in [1.54, 1.807) is 0 Å². The third kappa shape index (κ3) is 3.38. The maximum atomic E-state index is 5.59. The fraction of sp³-hybridized carbons (Fsp3) is 1.00. The first kappa shape index (κ1) is 12.7. The van der Waals surface area contributed by atoms with Gasteiger partial charge in [-0.05, 0) is 51.7 Å². The summed E-state index contributed by atoms with van der Waals surface area (Å²) in [6, 6.07) is 1.53. The molecule has 2 saturated carbocycles. The molecule has 94 valence electrons. The highest BCUT2D eigenvalue weighted by atomic mass is 32.2. The summed E-state index contributed by atoms with van der Waals surface area (Å²) in [5.41, 5.74) is 0. The van der Waals surface area contributed by atoms with Crippen molar-refractivity contribution in [3.63, 3.8) is 0 Å². The van der Waals surface area contributed by atoms with Gasteiger partial charge in [0.25, 0.3) is 0 Å². The van der Waals surface area contributed by atoms with Gasteiger partial charge in [0.15, 0.2) is 0 Å². The minimum absolute atomic E-state index is 0.546. The zero-order valence-electron chi connectivity index (χ0n) is 10.6. The Kier molecular flexibility index (Phi) is 4.98. The van der Waals surface area contributed by atoms with Gasteiger partial charge in [-0.1, -0.05) is 0 Å². The van der Waals surface area contributed by atoms with E-state index >= 15 is 0 Å². The molecule has 16 heavy (non-hydrogen) atoms. The largest absolute Gasteiger partial charge is 0.378 e. The molecule has 2 nitrogen and oxygen atoms in total. The first-order valence-corrected chi connectivity index (χ1v) is 8.01. The van der Waals surface area contributed by atoms with Crippen molar-refractivity contribution in [1.29, 1.82) is 0 Å². The summed E-state index contributed by atoms with van der Waals surface area (Å²) in [6.45, 7) is 2.96. The lowest BCUT2D eigenvalue weighted by atomic mass is 9.86. The second-order valence-electron chi connectivity index (χ2n) is 5.12. The smallest absolute Gasteiger partial charge is 0.0604 e. The van der Waals surface area contributed by atoms with Crippen LogP contribution in [0.25, 0.3) is 0 Å². The number of hydrogen-bond donors (Lipinski definition) is 1. The number of rotatable bonds is 5. The van der Waals surface area contributed by atoms with Gasteiger partial charge in [0, 0.05) is 23.9 Å². The SMILES string of the molecule is CCOC1CC(NC2CCC(SC)CC2)C1. The van der Waals surface area contributed by atoms with Gasteiger partial charge in [-0.25, -0.2) is 0 Å². The van der Waals surface area contributed by atoms with Crippen LogP contribution in [-0.4, -0.2) is 36.3 Å². The molecule has 0 saturated heterocycles. The van der Waals surface area contributed by atoms with Gasteiger partial charge in [-0.2, -0.15) is 11.8 Å². The molecule has 0 bridgehead atoms. The normalized spacial score (nSPS) is 39.4.